The van der Waals surface area contributed by atoms with E-state index < -0.39 is 0 Å². The molecule has 148 valence electrons. The quantitative estimate of drug-likeness (QED) is 0.769. The van der Waals surface area contributed by atoms with Crippen LogP contribution in [0.25, 0.3) is 0 Å². The third-order valence-corrected chi connectivity index (χ3v) is 6.04. The number of hydrogen-bond acceptors (Lipinski definition) is 4. The Labute approximate surface area is 170 Å². The zero-order valence-electron chi connectivity index (χ0n) is 16.0. The van der Waals surface area contributed by atoms with Crippen LogP contribution in [0.2, 0.25) is 0 Å². The van der Waals surface area contributed by atoms with Crippen molar-refractivity contribution in [1.82, 2.24) is 14.7 Å². The highest BCUT2D eigenvalue weighted by molar-refractivity contribution is 9.10. The van der Waals surface area contributed by atoms with E-state index in [0.29, 0.717) is 6.54 Å². The number of likely N-dealkylation sites (tertiary alicyclic amines) is 1. The first-order chi connectivity index (χ1) is 13.0. The Morgan fingerprint density at radius 3 is 2.26 bits per heavy atom. The van der Waals surface area contributed by atoms with E-state index in [4.69, 9.17) is 0 Å². The molecule has 0 aliphatic carbocycles. The third-order valence-electron chi connectivity index (χ3n) is 5.51. The lowest BCUT2D eigenvalue weighted by atomic mass is 10.1. The Balaban J connectivity index is 1.43. The maximum absolute atomic E-state index is 12.5. The van der Waals surface area contributed by atoms with Crippen LogP contribution in [0.3, 0.4) is 0 Å². The average Bonchev–Trinajstić information content (AvgIpc) is 2.70. The number of carbonyl (C=O) groups is 2. The largest absolute Gasteiger partial charge is 0.342 e. The van der Waals surface area contributed by atoms with Crippen LogP contribution in [0.1, 0.15) is 26.2 Å². The van der Waals surface area contributed by atoms with Crippen molar-refractivity contribution in [3.63, 3.8) is 0 Å². The van der Waals surface area contributed by atoms with Gasteiger partial charge < -0.3 is 10.2 Å². The molecule has 2 heterocycles. The smallest absolute Gasteiger partial charge is 0.241 e. The van der Waals surface area contributed by atoms with Crippen LogP contribution in [0.4, 0.5) is 5.69 Å². The van der Waals surface area contributed by atoms with E-state index >= 15 is 0 Å². The highest BCUT2D eigenvalue weighted by Crippen LogP contribution is 2.16. The first-order valence-corrected chi connectivity index (χ1v) is 10.6. The first-order valence-electron chi connectivity index (χ1n) is 9.83. The standard InChI is InChI=1S/C20H29BrN4O2/c1-16(20(27)22-18-7-5-17(21)6-8-18)24-13-11-23(12-14-24)15-19(26)25-9-3-2-4-10-25/h5-8,16H,2-4,9-15H2,1H3,(H,22,27)/t16-/m1/s1. The molecule has 0 aromatic heterocycles. The molecule has 2 saturated heterocycles. The summed E-state index contributed by atoms with van der Waals surface area (Å²) in [7, 11) is 0. The summed E-state index contributed by atoms with van der Waals surface area (Å²) in [4.78, 5) is 31.4. The fraction of sp³-hybridized carbons (Fsp3) is 0.600. The molecular formula is C20H29BrN4O2. The van der Waals surface area contributed by atoms with Crippen molar-refractivity contribution in [2.45, 2.75) is 32.2 Å². The summed E-state index contributed by atoms with van der Waals surface area (Å²) in [5.41, 5.74) is 0.806. The van der Waals surface area contributed by atoms with Crippen LogP contribution in [-0.4, -0.2) is 78.4 Å². The van der Waals surface area contributed by atoms with E-state index in [1.165, 1.54) is 6.42 Å². The Morgan fingerprint density at radius 2 is 1.63 bits per heavy atom. The molecule has 2 aliphatic heterocycles. The van der Waals surface area contributed by atoms with Gasteiger partial charge in [-0.2, -0.15) is 0 Å². The van der Waals surface area contributed by atoms with Crippen molar-refractivity contribution in [3.8, 4) is 0 Å². The fourth-order valence-electron chi connectivity index (χ4n) is 3.69. The SMILES string of the molecule is C[C@H](C(=O)Nc1ccc(Br)cc1)N1CCN(CC(=O)N2CCCCC2)CC1. The second-order valence-electron chi connectivity index (χ2n) is 7.43. The predicted molar refractivity (Wildman–Crippen MR) is 111 cm³/mol. The lowest BCUT2D eigenvalue weighted by molar-refractivity contribution is -0.134. The Kier molecular flexibility index (Phi) is 7.26. The summed E-state index contributed by atoms with van der Waals surface area (Å²) in [6.07, 6.45) is 3.50. The molecule has 2 amide bonds. The second kappa shape index (κ2) is 9.66. The van der Waals surface area contributed by atoms with Crippen molar-refractivity contribution < 1.29 is 9.59 Å². The Bertz CT molecular complexity index is 638. The summed E-state index contributed by atoms with van der Waals surface area (Å²) in [5, 5.41) is 2.98. The highest BCUT2D eigenvalue weighted by Gasteiger charge is 2.27. The van der Waals surface area contributed by atoms with Gasteiger partial charge >= 0.3 is 0 Å². The van der Waals surface area contributed by atoms with Crippen molar-refractivity contribution in [2.24, 2.45) is 0 Å². The maximum Gasteiger partial charge on any atom is 0.241 e. The topological polar surface area (TPSA) is 55.9 Å². The zero-order chi connectivity index (χ0) is 19.2. The minimum atomic E-state index is -0.186. The molecule has 0 spiro atoms. The summed E-state index contributed by atoms with van der Waals surface area (Å²) < 4.78 is 0.990. The molecule has 0 bridgehead atoms. The molecule has 1 aromatic carbocycles. The van der Waals surface area contributed by atoms with E-state index in [0.717, 1.165) is 62.3 Å². The van der Waals surface area contributed by atoms with Gasteiger partial charge in [0.25, 0.3) is 0 Å². The van der Waals surface area contributed by atoms with Crippen molar-refractivity contribution in [3.05, 3.63) is 28.7 Å². The number of piperazine rings is 1. The van der Waals surface area contributed by atoms with E-state index in [1.54, 1.807) is 0 Å². The molecule has 1 atom stereocenters. The minimum absolute atomic E-state index is 0.00941. The van der Waals surface area contributed by atoms with Gasteiger partial charge in [-0.25, -0.2) is 0 Å². The number of nitrogens with one attached hydrogen (secondary N) is 1. The normalized spacial score (nSPS) is 20.3. The number of rotatable bonds is 5. The molecule has 7 heteroatoms. The van der Waals surface area contributed by atoms with Crippen LogP contribution < -0.4 is 5.32 Å². The molecule has 6 nitrogen and oxygen atoms in total. The molecule has 0 unspecified atom stereocenters. The number of halogens is 1. The minimum Gasteiger partial charge on any atom is -0.342 e. The van der Waals surface area contributed by atoms with Gasteiger partial charge in [0.05, 0.1) is 12.6 Å². The number of carbonyl (C=O) groups excluding carboxylic acids is 2. The second-order valence-corrected chi connectivity index (χ2v) is 8.34. The molecule has 3 rings (SSSR count). The Morgan fingerprint density at radius 1 is 1.00 bits per heavy atom. The number of benzene rings is 1. The summed E-state index contributed by atoms with van der Waals surface area (Å²) in [5.74, 6) is 0.263. The molecule has 2 fully saturated rings. The zero-order valence-corrected chi connectivity index (χ0v) is 17.6. The van der Waals surface area contributed by atoms with Crippen LogP contribution in [0.15, 0.2) is 28.7 Å². The summed E-state index contributed by atoms with van der Waals surface area (Å²) >= 11 is 3.40. The van der Waals surface area contributed by atoms with Crippen LogP contribution >= 0.6 is 15.9 Å². The number of anilines is 1. The molecule has 1 aromatic rings. The lowest BCUT2D eigenvalue weighted by Gasteiger charge is -2.38. The molecule has 0 saturated carbocycles. The molecule has 2 aliphatic rings. The van der Waals surface area contributed by atoms with Gasteiger partial charge in [-0.05, 0) is 50.5 Å². The summed E-state index contributed by atoms with van der Waals surface area (Å²) in [6, 6.07) is 7.42. The Hall–Kier alpha value is -1.44. The monoisotopic (exact) mass is 436 g/mol. The number of piperidine rings is 1. The molecule has 27 heavy (non-hydrogen) atoms. The van der Waals surface area contributed by atoms with Crippen LogP contribution in [-0.2, 0) is 9.59 Å². The lowest BCUT2D eigenvalue weighted by Crippen LogP contribution is -2.54. The molecule has 1 N–H and O–H groups in total. The number of amides is 2. The first kappa shape index (κ1) is 20.3. The number of hydrogen-bond donors (Lipinski definition) is 1. The van der Waals surface area contributed by atoms with E-state index in [-0.39, 0.29) is 17.9 Å². The van der Waals surface area contributed by atoms with Crippen LogP contribution in [0.5, 0.6) is 0 Å². The average molecular weight is 437 g/mol. The van der Waals surface area contributed by atoms with Crippen molar-refractivity contribution in [2.75, 3.05) is 51.1 Å². The van der Waals surface area contributed by atoms with Gasteiger partial charge in [0, 0.05) is 49.4 Å². The third kappa shape index (κ3) is 5.77. The highest BCUT2D eigenvalue weighted by atomic mass is 79.9. The number of nitrogens with zero attached hydrogens (tertiary/aromatic N) is 3. The van der Waals surface area contributed by atoms with E-state index in [2.05, 4.69) is 31.0 Å². The molecular weight excluding hydrogens is 408 g/mol. The van der Waals surface area contributed by atoms with Gasteiger partial charge in [-0.3, -0.25) is 19.4 Å². The van der Waals surface area contributed by atoms with Gasteiger partial charge in [-0.1, -0.05) is 15.9 Å². The van der Waals surface area contributed by atoms with Gasteiger partial charge in [0.15, 0.2) is 0 Å². The fourth-order valence-corrected chi connectivity index (χ4v) is 3.95. The predicted octanol–water partition coefficient (Wildman–Crippen LogP) is 2.41. The van der Waals surface area contributed by atoms with Crippen molar-refractivity contribution >= 4 is 33.4 Å². The van der Waals surface area contributed by atoms with Crippen molar-refractivity contribution in [1.29, 1.82) is 0 Å². The van der Waals surface area contributed by atoms with Crippen LogP contribution in [0, 0.1) is 0 Å². The van der Waals surface area contributed by atoms with Gasteiger partial charge in [0.2, 0.25) is 11.8 Å². The molecule has 0 radical (unpaired) electrons. The summed E-state index contributed by atoms with van der Waals surface area (Å²) in [6.45, 7) is 7.55. The maximum atomic E-state index is 12.5. The van der Waals surface area contributed by atoms with Gasteiger partial charge in [-0.15, -0.1) is 0 Å². The van der Waals surface area contributed by atoms with E-state index in [9.17, 15) is 9.59 Å². The van der Waals surface area contributed by atoms with Gasteiger partial charge in [0.1, 0.15) is 0 Å². The van der Waals surface area contributed by atoms with E-state index in [1.807, 2.05) is 36.1 Å².